The molecule has 0 unspecified atom stereocenters. The molecule has 5 nitrogen and oxygen atoms in total. The van der Waals surface area contributed by atoms with Gasteiger partial charge in [-0.1, -0.05) is 86.6 Å². The highest BCUT2D eigenvalue weighted by Crippen LogP contribution is 2.53. The molecule has 40 heavy (non-hydrogen) atoms. The van der Waals surface area contributed by atoms with E-state index in [0.29, 0.717) is 23.2 Å². The predicted molar refractivity (Wildman–Crippen MR) is 159 cm³/mol. The number of rotatable bonds is 3. The van der Waals surface area contributed by atoms with Gasteiger partial charge in [0, 0.05) is 33.5 Å². The van der Waals surface area contributed by atoms with E-state index in [1.807, 2.05) is 60.7 Å². The quantitative estimate of drug-likeness (QED) is 0.236. The van der Waals surface area contributed by atoms with Gasteiger partial charge >= 0.3 is 0 Å². The van der Waals surface area contributed by atoms with Crippen molar-refractivity contribution in [2.45, 2.75) is 19.3 Å². The molecule has 0 bridgehead atoms. The van der Waals surface area contributed by atoms with E-state index >= 15 is 0 Å². The summed E-state index contributed by atoms with van der Waals surface area (Å²) in [5.74, 6) is 1.81. The van der Waals surface area contributed by atoms with E-state index < -0.39 is 0 Å². The molecule has 5 heteroatoms. The van der Waals surface area contributed by atoms with Crippen molar-refractivity contribution in [3.05, 3.63) is 120 Å². The van der Waals surface area contributed by atoms with Crippen molar-refractivity contribution in [3.63, 3.8) is 0 Å². The number of para-hydroxylation sites is 1. The molecule has 3 aromatic heterocycles. The molecule has 0 radical (unpaired) electrons. The van der Waals surface area contributed by atoms with Crippen molar-refractivity contribution in [2.75, 3.05) is 0 Å². The Kier molecular flexibility index (Phi) is 4.80. The lowest BCUT2D eigenvalue weighted by Gasteiger charge is -2.21. The maximum atomic E-state index is 6.27. The largest absolute Gasteiger partial charge is 0.456 e. The molecule has 0 saturated heterocycles. The minimum atomic E-state index is -0.215. The van der Waals surface area contributed by atoms with Crippen LogP contribution >= 0.6 is 0 Å². The zero-order valence-electron chi connectivity index (χ0n) is 22.1. The molecule has 7 aromatic rings. The number of benzene rings is 4. The molecule has 0 aliphatic heterocycles. The van der Waals surface area contributed by atoms with Crippen LogP contribution in [0.25, 0.3) is 67.4 Å². The van der Waals surface area contributed by atoms with E-state index in [0.717, 1.165) is 38.6 Å². The molecule has 0 saturated carbocycles. The molecule has 0 amide bonds. The molecular weight excluding hydrogens is 492 g/mol. The Morgan fingerprint density at radius 1 is 0.575 bits per heavy atom. The fourth-order valence-corrected chi connectivity index (χ4v) is 6.01. The summed E-state index contributed by atoms with van der Waals surface area (Å²) in [6, 6.07) is 35.0. The summed E-state index contributed by atoms with van der Waals surface area (Å²) < 4.78 is 6.27. The molecule has 0 fully saturated rings. The Hall–Kier alpha value is -5.16. The zero-order chi connectivity index (χ0) is 26.8. The molecule has 1 aliphatic carbocycles. The summed E-state index contributed by atoms with van der Waals surface area (Å²) in [6.45, 7) is 4.55. The van der Waals surface area contributed by atoms with Gasteiger partial charge in [0.15, 0.2) is 17.5 Å². The van der Waals surface area contributed by atoms with Gasteiger partial charge in [-0.05, 0) is 52.6 Å². The third-order valence-corrected chi connectivity index (χ3v) is 8.00. The Labute approximate surface area is 231 Å². The van der Waals surface area contributed by atoms with Crippen LogP contribution in [0.4, 0.5) is 0 Å². The molecule has 0 atom stereocenters. The van der Waals surface area contributed by atoms with Crippen molar-refractivity contribution >= 4 is 21.9 Å². The second-order valence-electron chi connectivity index (χ2n) is 10.7. The van der Waals surface area contributed by atoms with Gasteiger partial charge in [-0.15, -0.1) is 0 Å². The zero-order valence-corrected chi connectivity index (χ0v) is 22.1. The summed E-state index contributed by atoms with van der Waals surface area (Å²) in [7, 11) is 0. The topological polar surface area (TPSA) is 64.7 Å². The highest BCUT2D eigenvalue weighted by atomic mass is 16.3. The summed E-state index contributed by atoms with van der Waals surface area (Å²) in [4.78, 5) is 19.4. The third-order valence-electron chi connectivity index (χ3n) is 8.00. The molecule has 3 heterocycles. The first-order valence-electron chi connectivity index (χ1n) is 13.4. The summed E-state index contributed by atoms with van der Waals surface area (Å²) in [5.41, 5.74) is 9.06. The summed E-state index contributed by atoms with van der Waals surface area (Å²) in [5, 5.41) is 2.23. The number of fused-ring (bicyclic) bond motifs is 6. The van der Waals surface area contributed by atoms with Gasteiger partial charge in [0.1, 0.15) is 16.9 Å². The van der Waals surface area contributed by atoms with Crippen LogP contribution in [-0.4, -0.2) is 19.9 Å². The SMILES string of the molecule is CC1(C)c2cc3oc4ccccc4c3cc2-c2c(-c3nc(-c4ccccc4)nc(-c4ccccn4)n3)cccc21. The maximum Gasteiger partial charge on any atom is 0.182 e. The lowest BCUT2D eigenvalue weighted by molar-refractivity contribution is 0.647. The van der Waals surface area contributed by atoms with Crippen molar-refractivity contribution in [1.29, 1.82) is 0 Å². The van der Waals surface area contributed by atoms with E-state index in [1.165, 1.54) is 16.7 Å². The highest BCUT2D eigenvalue weighted by molar-refractivity contribution is 6.08. The molecule has 0 spiro atoms. The Balaban J connectivity index is 1.41. The van der Waals surface area contributed by atoms with Gasteiger partial charge in [-0.3, -0.25) is 4.98 Å². The Morgan fingerprint density at radius 3 is 2.20 bits per heavy atom. The van der Waals surface area contributed by atoms with Crippen LogP contribution < -0.4 is 0 Å². The Morgan fingerprint density at radius 2 is 1.35 bits per heavy atom. The number of hydrogen-bond donors (Lipinski definition) is 0. The highest BCUT2D eigenvalue weighted by Gasteiger charge is 2.38. The molecule has 4 aromatic carbocycles. The minimum absolute atomic E-state index is 0.215. The average molecular weight is 517 g/mol. The van der Waals surface area contributed by atoms with E-state index in [-0.39, 0.29) is 5.41 Å². The van der Waals surface area contributed by atoms with Gasteiger partial charge in [-0.25, -0.2) is 15.0 Å². The molecule has 190 valence electrons. The van der Waals surface area contributed by atoms with Crippen molar-refractivity contribution in [1.82, 2.24) is 19.9 Å². The fraction of sp³-hybridized carbons (Fsp3) is 0.0857. The molecule has 0 N–H and O–H groups in total. The smallest absolute Gasteiger partial charge is 0.182 e. The summed E-state index contributed by atoms with van der Waals surface area (Å²) in [6.07, 6.45) is 1.76. The number of pyridine rings is 1. The first-order valence-corrected chi connectivity index (χ1v) is 13.4. The molecular formula is C35H24N4O. The maximum absolute atomic E-state index is 6.27. The van der Waals surface area contributed by atoms with Crippen molar-refractivity contribution < 1.29 is 4.42 Å². The minimum Gasteiger partial charge on any atom is -0.456 e. The lowest BCUT2D eigenvalue weighted by Crippen LogP contribution is -2.14. The van der Waals surface area contributed by atoms with Crippen LogP contribution in [0.5, 0.6) is 0 Å². The third kappa shape index (κ3) is 3.34. The van der Waals surface area contributed by atoms with Crippen LogP contribution in [0, 0.1) is 0 Å². The molecule has 8 rings (SSSR count). The van der Waals surface area contributed by atoms with E-state index in [1.54, 1.807) is 6.20 Å². The van der Waals surface area contributed by atoms with E-state index in [2.05, 4.69) is 61.3 Å². The second-order valence-corrected chi connectivity index (χ2v) is 10.7. The average Bonchev–Trinajstić information content (AvgIpc) is 3.48. The predicted octanol–water partition coefficient (Wildman–Crippen LogP) is 8.47. The van der Waals surface area contributed by atoms with Gasteiger partial charge in [-0.2, -0.15) is 0 Å². The van der Waals surface area contributed by atoms with Crippen LogP contribution in [0.1, 0.15) is 25.0 Å². The van der Waals surface area contributed by atoms with E-state index in [4.69, 9.17) is 19.4 Å². The Bertz CT molecular complexity index is 2020. The summed E-state index contributed by atoms with van der Waals surface area (Å²) >= 11 is 0. The van der Waals surface area contributed by atoms with Gasteiger partial charge in [0.05, 0.1) is 0 Å². The second kappa shape index (κ2) is 8.42. The lowest BCUT2D eigenvalue weighted by atomic mass is 9.82. The number of furan rings is 1. The van der Waals surface area contributed by atoms with Crippen LogP contribution in [0.3, 0.4) is 0 Å². The van der Waals surface area contributed by atoms with E-state index in [9.17, 15) is 0 Å². The van der Waals surface area contributed by atoms with Crippen LogP contribution in [0.15, 0.2) is 114 Å². The number of nitrogens with zero attached hydrogens (tertiary/aromatic N) is 4. The van der Waals surface area contributed by atoms with Crippen molar-refractivity contribution in [3.8, 4) is 45.4 Å². The van der Waals surface area contributed by atoms with Gasteiger partial charge < -0.3 is 4.42 Å². The standard InChI is InChI=1S/C35H24N4O/c1-35(2)26-15-10-14-23(31(26)25-19-24-22-13-6-7-17-29(22)40-30(24)20-27(25)35)33-37-32(21-11-4-3-5-12-21)38-34(39-33)28-16-8-9-18-36-28/h3-20H,1-2H3. The number of hydrogen-bond acceptors (Lipinski definition) is 5. The number of aromatic nitrogens is 4. The first kappa shape index (κ1) is 22.8. The van der Waals surface area contributed by atoms with Crippen LogP contribution in [0.2, 0.25) is 0 Å². The monoisotopic (exact) mass is 516 g/mol. The van der Waals surface area contributed by atoms with Gasteiger partial charge in [0.2, 0.25) is 0 Å². The normalized spacial score (nSPS) is 13.4. The first-order chi connectivity index (χ1) is 19.6. The fourth-order valence-electron chi connectivity index (χ4n) is 6.01. The van der Waals surface area contributed by atoms with Crippen LogP contribution in [-0.2, 0) is 5.41 Å². The van der Waals surface area contributed by atoms with Crippen molar-refractivity contribution in [2.24, 2.45) is 0 Å². The van der Waals surface area contributed by atoms with Gasteiger partial charge in [0.25, 0.3) is 0 Å². The molecule has 1 aliphatic rings.